The van der Waals surface area contributed by atoms with Crippen LogP contribution in [0.3, 0.4) is 0 Å². The highest BCUT2D eigenvalue weighted by atomic mass is 32.2. The fourth-order valence-electron chi connectivity index (χ4n) is 2.78. The van der Waals surface area contributed by atoms with Gasteiger partial charge >= 0.3 is 12.1 Å². The Balaban J connectivity index is 1.76. The van der Waals surface area contributed by atoms with Crippen LogP contribution in [0, 0.1) is 0 Å². The molecule has 2 aromatic rings. The molecule has 0 aliphatic carbocycles. The number of nitrogens with zero attached hydrogens (tertiary/aromatic N) is 1. The van der Waals surface area contributed by atoms with Gasteiger partial charge in [0.1, 0.15) is 6.54 Å². The van der Waals surface area contributed by atoms with Gasteiger partial charge in [0.15, 0.2) is 0 Å². The summed E-state index contributed by atoms with van der Waals surface area (Å²) in [6, 6.07) is 12.2. The van der Waals surface area contributed by atoms with Gasteiger partial charge in [-0.1, -0.05) is 48.2 Å². The molecule has 1 aliphatic heterocycles. The predicted octanol–water partition coefficient (Wildman–Crippen LogP) is 4.10. The summed E-state index contributed by atoms with van der Waals surface area (Å²) >= 11 is 1.08. The Morgan fingerprint density at radius 1 is 1.13 bits per heavy atom. The van der Waals surface area contributed by atoms with Crippen LogP contribution in [-0.2, 0) is 20.5 Å². The van der Waals surface area contributed by atoms with Crippen molar-refractivity contribution in [3.63, 3.8) is 0 Å². The molecule has 2 aromatic carbocycles. The molecular weight excluding hydrogens is 421 g/mol. The van der Waals surface area contributed by atoms with Crippen LogP contribution in [0.5, 0.6) is 0 Å². The van der Waals surface area contributed by atoms with Crippen molar-refractivity contribution in [1.29, 1.82) is 0 Å². The summed E-state index contributed by atoms with van der Waals surface area (Å²) in [5.41, 5.74) is -0.658. The smallest absolute Gasteiger partial charge is 0.416 e. The van der Waals surface area contributed by atoms with Crippen LogP contribution in [-0.4, -0.2) is 40.9 Å². The average Bonchev–Trinajstić information content (AvgIpc) is 3.10. The second-order valence-electron chi connectivity index (χ2n) is 6.38. The average molecular weight is 438 g/mol. The Hall–Kier alpha value is -3.01. The van der Waals surface area contributed by atoms with Gasteiger partial charge in [0, 0.05) is 23.5 Å². The zero-order valence-corrected chi connectivity index (χ0v) is 16.3. The lowest BCUT2D eigenvalue weighted by Gasteiger charge is -2.20. The quantitative estimate of drug-likeness (QED) is 0.688. The van der Waals surface area contributed by atoms with Crippen LogP contribution in [0.1, 0.15) is 17.2 Å². The molecule has 1 fully saturated rings. The number of anilines is 1. The van der Waals surface area contributed by atoms with E-state index in [0.717, 1.165) is 23.9 Å². The Labute approximate surface area is 174 Å². The van der Waals surface area contributed by atoms with E-state index in [2.05, 4.69) is 5.32 Å². The summed E-state index contributed by atoms with van der Waals surface area (Å²) < 4.78 is 44.0. The number of amides is 2. The minimum Gasteiger partial charge on any atom is -0.446 e. The largest absolute Gasteiger partial charge is 0.446 e. The van der Waals surface area contributed by atoms with Gasteiger partial charge in [-0.3, -0.25) is 14.4 Å². The second-order valence-corrected chi connectivity index (χ2v) is 7.43. The molecule has 0 unspecified atom stereocenters. The number of esters is 1. The number of halogens is 3. The lowest BCUT2D eigenvalue weighted by molar-refractivity contribution is -0.155. The molecule has 0 spiro atoms. The Kier molecular flexibility index (Phi) is 6.66. The molecule has 0 aromatic heterocycles. The molecule has 1 atom stereocenters. The van der Waals surface area contributed by atoms with E-state index in [4.69, 9.17) is 4.74 Å². The van der Waals surface area contributed by atoms with Crippen molar-refractivity contribution in [2.24, 2.45) is 0 Å². The lowest BCUT2D eigenvalue weighted by atomic mass is 10.1. The third-order valence-corrected chi connectivity index (χ3v) is 5.10. The molecule has 1 saturated heterocycles. The monoisotopic (exact) mass is 438 g/mol. The van der Waals surface area contributed by atoms with Crippen molar-refractivity contribution in [2.75, 3.05) is 24.2 Å². The number of benzene rings is 2. The minimum absolute atomic E-state index is 0.0853. The number of hydrogen-bond acceptors (Lipinski definition) is 5. The first kappa shape index (κ1) is 21.7. The van der Waals surface area contributed by atoms with Crippen molar-refractivity contribution < 1.29 is 32.3 Å². The van der Waals surface area contributed by atoms with E-state index in [1.807, 2.05) is 0 Å². The first-order valence-electron chi connectivity index (χ1n) is 8.88. The molecular formula is C20H17F3N2O4S. The fraction of sp³-hybridized carbons (Fsp3) is 0.250. The van der Waals surface area contributed by atoms with Gasteiger partial charge in [0.2, 0.25) is 6.10 Å². The molecule has 3 rings (SSSR count). The Morgan fingerprint density at radius 3 is 2.50 bits per heavy atom. The van der Waals surface area contributed by atoms with Crippen molar-refractivity contribution >= 4 is 34.6 Å². The van der Waals surface area contributed by atoms with Crippen LogP contribution in [0.2, 0.25) is 0 Å². The highest BCUT2D eigenvalue weighted by Gasteiger charge is 2.32. The zero-order chi connectivity index (χ0) is 21.7. The fourth-order valence-corrected chi connectivity index (χ4v) is 3.60. The van der Waals surface area contributed by atoms with Crippen molar-refractivity contribution in [3.05, 3.63) is 65.7 Å². The summed E-state index contributed by atoms with van der Waals surface area (Å²) in [5.74, 6) is -1.04. The van der Waals surface area contributed by atoms with Gasteiger partial charge in [-0.25, -0.2) is 0 Å². The van der Waals surface area contributed by atoms with Crippen molar-refractivity contribution in [3.8, 4) is 0 Å². The highest BCUT2D eigenvalue weighted by Crippen LogP contribution is 2.31. The molecule has 1 heterocycles. The van der Waals surface area contributed by atoms with E-state index in [1.165, 1.54) is 17.0 Å². The maximum absolute atomic E-state index is 12.9. The summed E-state index contributed by atoms with van der Waals surface area (Å²) in [7, 11) is 0. The summed E-state index contributed by atoms with van der Waals surface area (Å²) in [5, 5.41) is 2.11. The third kappa shape index (κ3) is 5.53. The lowest BCUT2D eigenvalue weighted by Crippen LogP contribution is -2.34. The molecule has 10 heteroatoms. The van der Waals surface area contributed by atoms with Gasteiger partial charge in [-0.05, 0) is 18.2 Å². The molecule has 1 N–H and O–H groups in total. The SMILES string of the molecule is O=C(CN1CCSC1=O)O[C@@H](C(=O)Nc1cccc(C(F)(F)F)c1)c1ccccc1. The van der Waals surface area contributed by atoms with Crippen LogP contribution in [0.15, 0.2) is 54.6 Å². The Bertz CT molecular complexity index is 937. The molecule has 1 aliphatic rings. The van der Waals surface area contributed by atoms with Crippen molar-refractivity contribution in [2.45, 2.75) is 12.3 Å². The molecule has 2 amide bonds. The van der Waals surface area contributed by atoms with E-state index < -0.39 is 29.7 Å². The summed E-state index contributed by atoms with van der Waals surface area (Å²) in [6.45, 7) is 0.0804. The molecule has 30 heavy (non-hydrogen) atoms. The van der Waals surface area contributed by atoms with E-state index in [-0.39, 0.29) is 17.5 Å². The molecule has 6 nitrogen and oxygen atoms in total. The van der Waals surface area contributed by atoms with E-state index in [9.17, 15) is 27.6 Å². The van der Waals surface area contributed by atoms with Crippen LogP contribution in [0.25, 0.3) is 0 Å². The van der Waals surface area contributed by atoms with Crippen LogP contribution in [0.4, 0.5) is 23.7 Å². The maximum Gasteiger partial charge on any atom is 0.416 e. The summed E-state index contributed by atoms with van der Waals surface area (Å²) in [6.07, 6.45) is -5.95. The van der Waals surface area contributed by atoms with Gasteiger partial charge in [0.05, 0.1) is 5.56 Å². The summed E-state index contributed by atoms with van der Waals surface area (Å²) in [4.78, 5) is 38.0. The molecule has 158 valence electrons. The third-order valence-electron chi connectivity index (χ3n) is 4.21. The normalized spacial score (nSPS) is 15.0. The topological polar surface area (TPSA) is 75.7 Å². The number of alkyl halides is 3. The zero-order valence-electron chi connectivity index (χ0n) is 15.5. The molecule has 0 saturated carbocycles. The number of carbonyl (C=O) groups is 3. The number of hydrogen-bond donors (Lipinski definition) is 1. The van der Waals surface area contributed by atoms with Gasteiger partial charge in [-0.2, -0.15) is 13.2 Å². The number of rotatable bonds is 6. The second kappa shape index (κ2) is 9.21. The first-order valence-corrected chi connectivity index (χ1v) is 9.87. The first-order chi connectivity index (χ1) is 14.2. The predicted molar refractivity (Wildman–Crippen MR) is 105 cm³/mol. The van der Waals surface area contributed by atoms with E-state index in [1.54, 1.807) is 30.3 Å². The number of ether oxygens (including phenoxy) is 1. The van der Waals surface area contributed by atoms with Crippen LogP contribution >= 0.6 is 11.8 Å². The highest BCUT2D eigenvalue weighted by molar-refractivity contribution is 8.13. The number of carbonyl (C=O) groups excluding carboxylic acids is 3. The maximum atomic E-state index is 12.9. The van der Waals surface area contributed by atoms with Gasteiger partial charge in [0.25, 0.3) is 11.1 Å². The number of nitrogens with one attached hydrogen (secondary N) is 1. The minimum atomic E-state index is -4.56. The Morgan fingerprint density at radius 2 is 1.87 bits per heavy atom. The standard InChI is InChI=1S/C20H17F3N2O4S/c21-20(22,23)14-7-4-8-15(11-14)24-18(27)17(13-5-2-1-3-6-13)29-16(26)12-25-9-10-30-19(25)28/h1-8,11,17H,9-10,12H2,(H,24,27)/t17-/m1/s1. The molecule has 0 bridgehead atoms. The van der Waals surface area contributed by atoms with Crippen molar-refractivity contribution in [1.82, 2.24) is 4.90 Å². The molecule has 0 radical (unpaired) electrons. The number of thioether (sulfide) groups is 1. The van der Waals surface area contributed by atoms with Gasteiger partial charge in [-0.15, -0.1) is 0 Å². The van der Waals surface area contributed by atoms with E-state index in [0.29, 0.717) is 17.9 Å². The van der Waals surface area contributed by atoms with E-state index >= 15 is 0 Å². The van der Waals surface area contributed by atoms with Gasteiger partial charge < -0.3 is 15.0 Å². The van der Waals surface area contributed by atoms with Crippen LogP contribution < -0.4 is 5.32 Å².